The van der Waals surface area contributed by atoms with E-state index in [9.17, 15) is 9.18 Å². The third-order valence-corrected chi connectivity index (χ3v) is 4.26. The highest BCUT2D eigenvalue weighted by Crippen LogP contribution is 2.24. The summed E-state index contributed by atoms with van der Waals surface area (Å²) < 4.78 is 19.2. The number of carbonyl (C=O) groups is 1. The van der Waals surface area contributed by atoms with E-state index in [0.29, 0.717) is 23.0 Å². The first-order valence-electron chi connectivity index (χ1n) is 6.42. The van der Waals surface area contributed by atoms with Gasteiger partial charge in [-0.1, -0.05) is 11.6 Å². The van der Waals surface area contributed by atoms with Gasteiger partial charge in [0.1, 0.15) is 0 Å². The van der Waals surface area contributed by atoms with Crippen molar-refractivity contribution in [2.75, 3.05) is 13.7 Å². The Morgan fingerprint density at radius 3 is 2.67 bits per heavy atom. The molecule has 0 bridgehead atoms. The Hall–Kier alpha value is -1.59. The van der Waals surface area contributed by atoms with Crippen molar-refractivity contribution < 1.29 is 13.9 Å². The van der Waals surface area contributed by atoms with E-state index in [1.165, 1.54) is 30.6 Å². The number of halogens is 2. The molecular weight excluding hydrogens is 313 g/mol. The molecule has 0 fully saturated rings. The molecule has 0 saturated heterocycles. The first-order valence-corrected chi connectivity index (χ1v) is 7.61. The average molecular weight is 328 g/mol. The zero-order valence-electron chi connectivity index (χ0n) is 11.7. The van der Waals surface area contributed by atoms with Gasteiger partial charge >= 0.3 is 0 Å². The monoisotopic (exact) mass is 327 g/mol. The van der Waals surface area contributed by atoms with Crippen molar-refractivity contribution in [3.63, 3.8) is 0 Å². The average Bonchev–Trinajstić information content (AvgIpc) is 2.89. The molecule has 0 atom stereocenters. The third kappa shape index (κ3) is 3.74. The summed E-state index contributed by atoms with van der Waals surface area (Å²) in [7, 11) is 1.39. The van der Waals surface area contributed by atoms with Crippen LogP contribution in [-0.4, -0.2) is 24.5 Å². The maximum Gasteiger partial charge on any atom is 0.254 e. The number of hydrogen-bond acceptors (Lipinski definition) is 3. The molecule has 0 aliphatic heterocycles. The van der Waals surface area contributed by atoms with Gasteiger partial charge in [-0.2, -0.15) is 0 Å². The van der Waals surface area contributed by atoms with Crippen LogP contribution in [0.3, 0.4) is 0 Å². The number of nitrogens with zero attached hydrogens (tertiary/aromatic N) is 1. The second kappa shape index (κ2) is 6.91. The van der Waals surface area contributed by atoms with Crippen LogP contribution in [0.15, 0.2) is 30.3 Å². The number of benzene rings is 1. The molecule has 2 aromatic rings. The van der Waals surface area contributed by atoms with Gasteiger partial charge in [-0.25, -0.2) is 4.39 Å². The molecule has 1 amide bonds. The molecule has 0 unspecified atom stereocenters. The van der Waals surface area contributed by atoms with Crippen LogP contribution in [0.2, 0.25) is 4.34 Å². The van der Waals surface area contributed by atoms with Crippen molar-refractivity contribution in [2.24, 2.45) is 0 Å². The zero-order valence-corrected chi connectivity index (χ0v) is 13.3. The highest BCUT2D eigenvalue weighted by Gasteiger charge is 2.17. The Kier molecular flexibility index (Phi) is 5.20. The molecule has 0 radical (unpaired) electrons. The van der Waals surface area contributed by atoms with Crippen molar-refractivity contribution in [3.8, 4) is 5.75 Å². The van der Waals surface area contributed by atoms with Gasteiger partial charge in [0.05, 0.1) is 18.0 Å². The first-order chi connectivity index (χ1) is 10.0. The second-order valence-electron chi connectivity index (χ2n) is 4.37. The van der Waals surface area contributed by atoms with Crippen LogP contribution in [-0.2, 0) is 6.54 Å². The van der Waals surface area contributed by atoms with E-state index in [0.717, 1.165) is 4.88 Å². The molecule has 6 heteroatoms. The fourth-order valence-electron chi connectivity index (χ4n) is 1.93. The molecule has 0 spiro atoms. The molecule has 2 rings (SSSR count). The SMILES string of the molecule is CCN(Cc1ccc(Cl)s1)C(=O)c1ccc(OC)c(F)c1. The van der Waals surface area contributed by atoms with Crippen molar-refractivity contribution in [1.29, 1.82) is 0 Å². The van der Waals surface area contributed by atoms with Crippen LogP contribution in [0.5, 0.6) is 5.75 Å². The van der Waals surface area contributed by atoms with Crippen LogP contribution in [0.4, 0.5) is 4.39 Å². The van der Waals surface area contributed by atoms with Gasteiger partial charge in [0, 0.05) is 17.0 Å². The summed E-state index contributed by atoms with van der Waals surface area (Å²) in [6.07, 6.45) is 0. The summed E-state index contributed by atoms with van der Waals surface area (Å²) in [5.41, 5.74) is 0.304. The number of ether oxygens (including phenoxy) is 1. The molecule has 0 saturated carbocycles. The Bertz CT molecular complexity index is 644. The largest absolute Gasteiger partial charge is 0.494 e. The molecule has 1 heterocycles. The molecule has 0 N–H and O–H groups in total. The van der Waals surface area contributed by atoms with E-state index in [1.54, 1.807) is 17.0 Å². The first kappa shape index (κ1) is 15.8. The van der Waals surface area contributed by atoms with Crippen LogP contribution in [0.25, 0.3) is 0 Å². The number of thiophene rings is 1. The predicted molar refractivity (Wildman–Crippen MR) is 82.7 cm³/mol. The number of amides is 1. The Balaban J connectivity index is 2.17. The molecule has 1 aromatic carbocycles. The molecule has 112 valence electrons. The number of hydrogen-bond donors (Lipinski definition) is 0. The van der Waals surface area contributed by atoms with Gasteiger partial charge in [0.25, 0.3) is 5.91 Å². The van der Waals surface area contributed by atoms with E-state index in [1.807, 2.05) is 13.0 Å². The maximum absolute atomic E-state index is 13.7. The van der Waals surface area contributed by atoms with E-state index in [-0.39, 0.29) is 11.7 Å². The van der Waals surface area contributed by atoms with Crippen molar-refractivity contribution in [3.05, 3.63) is 50.9 Å². The van der Waals surface area contributed by atoms with Crippen LogP contribution in [0, 0.1) is 5.82 Å². The van der Waals surface area contributed by atoms with Crippen molar-refractivity contribution >= 4 is 28.8 Å². The molecule has 3 nitrogen and oxygen atoms in total. The number of carbonyl (C=O) groups excluding carboxylic acids is 1. The minimum absolute atomic E-state index is 0.125. The molecule has 1 aromatic heterocycles. The topological polar surface area (TPSA) is 29.5 Å². The standard InChI is InChI=1S/C15H15ClFNO2S/c1-3-18(9-11-5-7-14(16)21-11)15(19)10-4-6-13(20-2)12(17)8-10/h4-8H,3,9H2,1-2H3. The molecule has 0 aliphatic carbocycles. The van der Waals surface area contributed by atoms with E-state index in [4.69, 9.17) is 16.3 Å². The minimum Gasteiger partial charge on any atom is -0.494 e. The van der Waals surface area contributed by atoms with Crippen molar-refractivity contribution in [2.45, 2.75) is 13.5 Å². The maximum atomic E-state index is 13.7. The summed E-state index contributed by atoms with van der Waals surface area (Å²) in [6, 6.07) is 7.91. The van der Waals surface area contributed by atoms with Gasteiger partial charge in [0.15, 0.2) is 11.6 Å². The van der Waals surface area contributed by atoms with Crippen LogP contribution in [0.1, 0.15) is 22.2 Å². The van der Waals surface area contributed by atoms with Gasteiger partial charge in [-0.05, 0) is 37.3 Å². The molecule has 0 aliphatic rings. The Morgan fingerprint density at radius 1 is 1.38 bits per heavy atom. The third-order valence-electron chi connectivity index (χ3n) is 3.04. The minimum atomic E-state index is -0.543. The lowest BCUT2D eigenvalue weighted by molar-refractivity contribution is 0.0753. The highest BCUT2D eigenvalue weighted by atomic mass is 35.5. The quantitative estimate of drug-likeness (QED) is 0.823. The summed E-state index contributed by atoms with van der Waals surface area (Å²) in [5.74, 6) is -0.637. The van der Waals surface area contributed by atoms with E-state index >= 15 is 0 Å². The number of rotatable bonds is 5. The van der Waals surface area contributed by atoms with E-state index in [2.05, 4.69) is 0 Å². The lowest BCUT2D eigenvalue weighted by Crippen LogP contribution is -2.30. The highest BCUT2D eigenvalue weighted by molar-refractivity contribution is 7.16. The lowest BCUT2D eigenvalue weighted by Gasteiger charge is -2.20. The van der Waals surface area contributed by atoms with Gasteiger partial charge in [0.2, 0.25) is 0 Å². The predicted octanol–water partition coefficient (Wildman–Crippen LogP) is 4.21. The van der Waals surface area contributed by atoms with Gasteiger partial charge in [-0.3, -0.25) is 4.79 Å². The lowest BCUT2D eigenvalue weighted by atomic mass is 10.1. The summed E-state index contributed by atoms with van der Waals surface area (Å²) >= 11 is 7.32. The second-order valence-corrected chi connectivity index (χ2v) is 6.17. The van der Waals surface area contributed by atoms with Crippen LogP contribution < -0.4 is 4.74 Å². The number of methoxy groups -OCH3 is 1. The fraction of sp³-hybridized carbons (Fsp3) is 0.267. The summed E-state index contributed by atoms with van der Waals surface area (Å²) in [5, 5.41) is 0. The normalized spacial score (nSPS) is 10.5. The van der Waals surface area contributed by atoms with Gasteiger partial charge < -0.3 is 9.64 Å². The van der Waals surface area contributed by atoms with Crippen molar-refractivity contribution in [1.82, 2.24) is 4.90 Å². The Labute approximate surface area is 131 Å². The van der Waals surface area contributed by atoms with E-state index < -0.39 is 5.82 Å². The fourth-order valence-corrected chi connectivity index (χ4v) is 3.04. The zero-order chi connectivity index (χ0) is 15.4. The molecule has 21 heavy (non-hydrogen) atoms. The van der Waals surface area contributed by atoms with Gasteiger partial charge in [-0.15, -0.1) is 11.3 Å². The summed E-state index contributed by atoms with van der Waals surface area (Å²) in [6.45, 7) is 2.87. The smallest absolute Gasteiger partial charge is 0.254 e. The summed E-state index contributed by atoms with van der Waals surface area (Å²) in [4.78, 5) is 15.1. The van der Waals surface area contributed by atoms with Crippen LogP contribution >= 0.6 is 22.9 Å². The Morgan fingerprint density at radius 2 is 2.14 bits per heavy atom. The molecular formula is C15H15ClFNO2S.